The molecule has 0 fully saturated rings. The number of nitrogens with one attached hydrogen (secondary N) is 1. The minimum absolute atomic E-state index is 0.0991. The zero-order valence-corrected chi connectivity index (χ0v) is 15.5. The number of fused-ring (bicyclic) bond motifs is 2. The summed E-state index contributed by atoms with van der Waals surface area (Å²) >= 11 is 3.40. The fourth-order valence-corrected chi connectivity index (χ4v) is 3.67. The van der Waals surface area contributed by atoms with E-state index in [1.54, 1.807) is 0 Å². The van der Waals surface area contributed by atoms with Crippen LogP contribution in [0.2, 0.25) is 0 Å². The molecule has 3 aromatic rings. The lowest BCUT2D eigenvalue weighted by Crippen LogP contribution is -2.33. The molecule has 2 N–H and O–H groups in total. The lowest BCUT2D eigenvalue weighted by molar-refractivity contribution is -0.117. The molecule has 1 aliphatic rings. The minimum Gasteiger partial charge on any atom is -0.493 e. The van der Waals surface area contributed by atoms with E-state index in [0.717, 1.165) is 35.1 Å². The molecule has 6 nitrogen and oxygen atoms in total. The van der Waals surface area contributed by atoms with Crippen LogP contribution in [0.4, 0.5) is 11.4 Å². The highest BCUT2D eigenvalue weighted by Gasteiger charge is 2.19. The third kappa shape index (κ3) is 3.22. The molecule has 132 valence electrons. The number of nitrogens with zero attached hydrogens (tertiary/aromatic N) is 3. The number of benzene rings is 2. The quantitative estimate of drug-likeness (QED) is 0.611. The van der Waals surface area contributed by atoms with Crippen molar-refractivity contribution in [1.29, 1.82) is 0 Å². The second kappa shape index (κ2) is 6.92. The van der Waals surface area contributed by atoms with Crippen LogP contribution in [0.25, 0.3) is 10.9 Å². The van der Waals surface area contributed by atoms with Crippen LogP contribution in [-0.2, 0) is 11.2 Å². The summed E-state index contributed by atoms with van der Waals surface area (Å²) in [6.07, 6.45) is 2.04. The van der Waals surface area contributed by atoms with Gasteiger partial charge in [-0.25, -0.2) is 0 Å². The number of carbonyl (C=O) groups excluding carboxylic acids is 1. The van der Waals surface area contributed by atoms with E-state index in [9.17, 15) is 9.90 Å². The summed E-state index contributed by atoms with van der Waals surface area (Å²) < 4.78 is 0.858. The Morgan fingerprint density at radius 2 is 2.12 bits per heavy atom. The molecule has 1 amide bonds. The van der Waals surface area contributed by atoms with E-state index in [1.165, 1.54) is 5.56 Å². The first kappa shape index (κ1) is 16.8. The zero-order valence-electron chi connectivity index (χ0n) is 13.9. The largest absolute Gasteiger partial charge is 0.493 e. The molecule has 0 saturated heterocycles. The first-order valence-corrected chi connectivity index (χ1v) is 9.19. The van der Waals surface area contributed by atoms with Gasteiger partial charge in [0.25, 0.3) is 5.91 Å². The maximum atomic E-state index is 12.3. The number of para-hydroxylation sites is 1. The Balaban J connectivity index is 1.54. The fraction of sp³-hybridized carbons (Fsp3) is 0.211. The number of carbonyl (C=O) groups is 1. The van der Waals surface area contributed by atoms with Crippen LogP contribution in [0.15, 0.2) is 57.2 Å². The number of aromatic nitrogens is 1. The maximum Gasteiger partial charge on any atom is 0.283 e. The summed E-state index contributed by atoms with van der Waals surface area (Å²) in [7, 11) is 0. The predicted molar refractivity (Wildman–Crippen MR) is 104 cm³/mol. The number of hydrogen-bond acceptors (Lipinski definition) is 4. The predicted octanol–water partition coefficient (Wildman–Crippen LogP) is 4.70. The molecular weight excluding hydrogens is 396 g/mol. The average molecular weight is 413 g/mol. The number of halogens is 1. The first-order chi connectivity index (χ1) is 12.6. The van der Waals surface area contributed by atoms with Crippen molar-refractivity contribution in [1.82, 2.24) is 4.98 Å². The van der Waals surface area contributed by atoms with Crippen LogP contribution in [0.5, 0.6) is 5.88 Å². The Kier molecular flexibility index (Phi) is 4.46. The van der Waals surface area contributed by atoms with E-state index in [0.29, 0.717) is 5.39 Å². The Bertz CT molecular complexity index is 1010. The van der Waals surface area contributed by atoms with Crippen molar-refractivity contribution >= 4 is 44.1 Å². The van der Waals surface area contributed by atoms with Gasteiger partial charge in [0, 0.05) is 22.1 Å². The number of hydrogen-bond donors (Lipinski definition) is 2. The van der Waals surface area contributed by atoms with E-state index in [-0.39, 0.29) is 24.0 Å². The van der Waals surface area contributed by atoms with Crippen LogP contribution in [0.3, 0.4) is 0 Å². The summed E-state index contributed by atoms with van der Waals surface area (Å²) in [4.78, 5) is 17.2. The Labute approximate surface area is 158 Å². The molecule has 0 unspecified atom stereocenters. The SMILES string of the molecule is O=C(CN1CCCc2ccccc21)N=Nc1c(O)[nH]c2ccc(Br)cc12. The molecule has 0 spiro atoms. The molecule has 26 heavy (non-hydrogen) atoms. The van der Waals surface area contributed by atoms with Crippen molar-refractivity contribution in [3.8, 4) is 5.88 Å². The normalized spacial score (nSPS) is 14.1. The number of aromatic hydroxyl groups is 1. The highest BCUT2D eigenvalue weighted by atomic mass is 79.9. The topological polar surface area (TPSA) is 81.1 Å². The van der Waals surface area contributed by atoms with Crippen molar-refractivity contribution in [3.05, 3.63) is 52.5 Å². The monoisotopic (exact) mass is 412 g/mol. The van der Waals surface area contributed by atoms with Crippen molar-refractivity contribution in [3.63, 3.8) is 0 Å². The molecule has 1 aromatic heterocycles. The van der Waals surface area contributed by atoms with Crippen LogP contribution in [0, 0.1) is 0 Å². The standard InChI is InChI=1S/C19H17BrN4O2/c20-13-7-8-15-14(10-13)18(19(26)21-15)23-22-17(25)11-24-9-3-5-12-4-1-2-6-16(12)24/h1-2,4,6-8,10,21,26H,3,5,9,11H2. The lowest BCUT2D eigenvalue weighted by Gasteiger charge is -2.29. The summed E-state index contributed by atoms with van der Waals surface area (Å²) in [5.74, 6) is -0.441. The van der Waals surface area contributed by atoms with E-state index in [4.69, 9.17) is 0 Å². The molecule has 2 aromatic carbocycles. The van der Waals surface area contributed by atoms with E-state index < -0.39 is 0 Å². The third-order valence-corrected chi connectivity index (χ3v) is 5.00. The van der Waals surface area contributed by atoms with Gasteiger partial charge >= 0.3 is 0 Å². The van der Waals surface area contributed by atoms with Crippen molar-refractivity contribution in [2.45, 2.75) is 12.8 Å². The molecule has 1 aliphatic heterocycles. The number of rotatable bonds is 3. The van der Waals surface area contributed by atoms with Crippen LogP contribution in [0.1, 0.15) is 12.0 Å². The van der Waals surface area contributed by atoms with Gasteiger partial charge in [0.05, 0.1) is 5.52 Å². The average Bonchev–Trinajstić information content (AvgIpc) is 2.95. The van der Waals surface area contributed by atoms with E-state index in [2.05, 4.69) is 37.2 Å². The van der Waals surface area contributed by atoms with Gasteiger partial charge in [0.2, 0.25) is 5.88 Å². The second-order valence-corrected chi connectivity index (χ2v) is 7.18. The highest BCUT2D eigenvalue weighted by molar-refractivity contribution is 9.10. The van der Waals surface area contributed by atoms with Gasteiger partial charge in [0.1, 0.15) is 6.54 Å². The summed E-state index contributed by atoms with van der Waals surface area (Å²) in [5.41, 5.74) is 3.34. The number of anilines is 1. The Morgan fingerprint density at radius 3 is 3.00 bits per heavy atom. The molecule has 0 bridgehead atoms. The molecule has 0 saturated carbocycles. The molecule has 7 heteroatoms. The molecular formula is C19H17BrN4O2. The van der Waals surface area contributed by atoms with Crippen LogP contribution >= 0.6 is 15.9 Å². The van der Waals surface area contributed by atoms with Crippen LogP contribution < -0.4 is 4.90 Å². The second-order valence-electron chi connectivity index (χ2n) is 6.26. The number of H-pyrrole nitrogens is 1. The number of azo groups is 1. The minimum atomic E-state index is -0.342. The van der Waals surface area contributed by atoms with Crippen molar-refractivity contribution in [2.75, 3.05) is 18.0 Å². The zero-order chi connectivity index (χ0) is 18.1. The maximum absolute atomic E-state index is 12.3. The number of aromatic amines is 1. The van der Waals surface area contributed by atoms with Crippen molar-refractivity contribution < 1.29 is 9.90 Å². The fourth-order valence-electron chi connectivity index (χ4n) is 3.31. The number of amides is 1. The first-order valence-electron chi connectivity index (χ1n) is 8.39. The van der Waals surface area contributed by atoms with Gasteiger partial charge < -0.3 is 15.0 Å². The lowest BCUT2D eigenvalue weighted by atomic mass is 10.0. The van der Waals surface area contributed by atoms with Crippen molar-refractivity contribution in [2.24, 2.45) is 10.2 Å². The highest BCUT2D eigenvalue weighted by Crippen LogP contribution is 2.36. The summed E-state index contributed by atoms with van der Waals surface area (Å²) in [5, 5.41) is 18.6. The Hall–Kier alpha value is -2.67. The molecule has 0 atom stereocenters. The molecule has 2 heterocycles. The summed E-state index contributed by atoms with van der Waals surface area (Å²) in [6.45, 7) is 0.997. The molecule has 4 rings (SSSR count). The van der Waals surface area contributed by atoms with Gasteiger partial charge in [0.15, 0.2) is 5.69 Å². The van der Waals surface area contributed by atoms with Gasteiger partial charge in [-0.15, -0.1) is 10.2 Å². The van der Waals surface area contributed by atoms with E-state index in [1.807, 2.05) is 41.3 Å². The van der Waals surface area contributed by atoms with Gasteiger partial charge in [-0.1, -0.05) is 34.1 Å². The summed E-state index contributed by atoms with van der Waals surface area (Å²) in [6, 6.07) is 13.6. The third-order valence-electron chi connectivity index (χ3n) is 4.51. The number of aryl methyl sites for hydroxylation is 1. The Morgan fingerprint density at radius 1 is 1.27 bits per heavy atom. The van der Waals surface area contributed by atoms with E-state index >= 15 is 0 Å². The molecule has 0 radical (unpaired) electrons. The van der Waals surface area contributed by atoms with Crippen LogP contribution in [-0.4, -0.2) is 29.1 Å². The molecule has 0 aliphatic carbocycles. The smallest absolute Gasteiger partial charge is 0.283 e. The van der Waals surface area contributed by atoms with Gasteiger partial charge in [-0.05, 0) is 42.7 Å². The van der Waals surface area contributed by atoms with Gasteiger partial charge in [-0.2, -0.15) is 0 Å². The van der Waals surface area contributed by atoms with Gasteiger partial charge in [-0.3, -0.25) is 4.79 Å².